The summed E-state index contributed by atoms with van der Waals surface area (Å²) in [5.74, 6) is 0. The van der Waals surface area contributed by atoms with Crippen molar-refractivity contribution in [1.82, 2.24) is 4.90 Å². The zero-order valence-electron chi connectivity index (χ0n) is 17.4. The molecule has 2 saturated heterocycles. The average molecular weight is 576 g/mol. The summed E-state index contributed by atoms with van der Waals surface area (Å²) in [5.41, 5.74) is -4.44. The Kier molecular flexibility index (Phi) is 6.30. The molecular formula is C22H15BrF9NO2. The highest BCUT2D eigenvalue weighted by atomic mass is 79.9. The number of cyclic esters (lactones) is 1. The summed E-state index contributed by atoms with van der Waals surface area (Å²) in [5, 5.41) is 0. The van der Waals surface area contributed by atoms with E-state index in [0.717, 1.165) is 17.0 Å². The molecule has 2 fully saturated rings. The molecule has 2 aliphatic rings. The second kappa shape index (κ2) is 8.59. The van der Waals surface area contributed by atoms with Crippen molar-refractivity contribution < 1.29 is 49.0 Å². The predicted octanol–water partition coefficient (Wildman–Crippen LogP) is 8.29. The van der Waals surface area contributed by atoms with E-state index in [1.165, 1.54) is 6.07 Å². The largest absolute Gasteiger partial charge is 0.439 e. The Morgan fingerprint density at radius 1 is 0.800 bits per heavy atom. The van der Waals surface area contributed by atoms with Crippen LogP contribution < -0.4 is 0 Å². The van der Waals surface area contributed by atoms with Crippen LogP contribution in [0.3, 0.4) is 0 Å². The van der Waals surface area contributed by atoms with E-state index >= 15 is 0 Å². The maximum Gasteiger partial charge on any atom is 0.416 e. The van der Waals surface area contributed by atoms with E-state index in [4.69, 9.17) is 4.74 Å². The van der Waals surface area contributed by atoms with Crippen LogP contribution >= 0.6 is 15.9 Å². The number of ether oxygens (including phenoxy) is 1. The van der Waals surface area contributed by atoms with Gasteiger partial charge in [-0.1, -0.05) is 15.9 Å². The van der Waals surface area contributed by atoms with Crippen LogP contribution in [0.4, 0.5) is 44.3 Å². The Morgan fingerprint density at radius 2 is 1.37 bits per heavy atom. The van der Waals surface area contributed by atoms with Crippen molar-refractivity contribution in [3.63, 3.8) is 0 Å². The normalized spacial score (nSPS) is 23.3. The first-order valence-electron chi connectivity index (χ1n) is 10.2. The van der Waals surface area contributed by atoms with E-state index in [1.54, 1.807) is 0 Å². The second-order valence-electron chi connectivity index (χ2n) is 8.30. The van der Waals surface area contributed by atoms with Crippen LogP contribution in [0.25, 0.3) is 0 Å². The van der Waals surface area contributed by atoms with Crippen molar-refractivity contribution in [3.8, 4) is 0 Å². The third-order valence-electron chi connectivity index (χ3n) is 6.08. The molecule has 35 heavy (non-hydrogen) atoms. The minimum absolute atomic E-state index is 0.0263. The van der Waals surface area contributed by atoms with Gasteiger partial charge in [-0.25, -0.2) is 4.79 Å². The number of rotatable bonds is 2. The van der Waals surface area contributed by atoms with Crippen molar-refractivity contribution >= 4 is 22.0 Å². The highest BCUT2D eigenvalue weighted by molar-refractivity contribution is 9.10. The first-order valence-corrected chi connectivity index (χ1v) is 11.0. The number of hydrogen-bond donors (Lipinski definition) is 0. The highest BCUT2D eigenvalue weighted by Crippen LogP contribution is 2.49. The Bertz CT molecular complexity index is 1110. The van der Waals surface area contributed by atoms with E-state index in [0.29, 0.717) is 18.6 Å². The summed E-state index contributed by atoms with van der Waals surface area (Å²) in [6, 6.07) is 1.97. The van der Waals surface area contributed by atoms with E-state index in [1.807, 2.05) is 0 Å². The van der Waals surface area contributed by atoms with Gasteiger partial charge in [0, 0.05) is 4.47 Å². The zero-order valence-corrected chi connectivity index (χ0v) is 18.9. The number of nitrogens with zero attached hydrogens (tertiary/aromatic N) is 1. The fourth-order valence-electron chi connectivity index (χ4n) is 4.55. The number of hydrogen-bond acceptors (Lipinski definition) is 2. The number of carbonyl (C=O) groups is 1. The molecule has 13 heteroatoms. The average Bonchev–Trinajstić information content (AvgIpc) is 3.09. The molecule has 0 radical (unpaired) electrons. The van der Waals surface area contributed by atoms with Crippen LogP contribution in [-0.4, -0.2) is 17.0 Å². The molecule has 2 heterocycles. The van der Waals surface area contributed by atoms with Crippen LogP contribution in [0.1, 0.15) is 59.2 Å². The highest BCUT2D eigenvalue weighted by Gasteiger charge is 2.50. The van der Waals surface area contributed by atoms with Gasteiger partial charge in [-0.2, -0.15) is 39.5 Å². The molecule has 2 aliphatic heterocycles. The molecule has 1 amide bonds. The summed E-state index contributed by atoms with van der Waals surface area (Å²) in [6.07, 6.45) is -16.6. The number of carbonyl (C=O) groups excluding carboxylic acids is 1. The van der Waals surface area contributed by atoms with Gasteiger partial charge in [0.05, 0.1) is 28.8 Å². The van der Waals surface area contributed by atoms with E-state index in [2.05, 4.69) is 15.9 Å². The van der Waals surface area contributed by atoms with Crippen LogP contribution in [0.5, 0.6) is 0 Å². The van der Waals surface area contributed by atoms with Crippen molar-refractivity contribution in [2.24, 2.45) is 0 Å². The molecule has 0 spiro atoms. The molecule has 0 N–H and O–H groups in total. The van der Waals surface area contributed by atoms with Gasteiger partial charge in [0.15, 0.2) is 0 Å². The Labute approximate surface area is 201 Å². The monoisotopic (exact) mass is 575 g/mol. The van der Waals surface area contributed by atoms with Gasteiger partial charge in [0.2, 0.25) is 0 Å². The predicted molar refractivity (Wildman–Crippen MR) is 107 cm³/mol. The molecule has 3 atom stereocenters. The Morgan fingerprint density at radius 3 is 1.91 bits per heavy atom. The maximum absolute atomic E-state index is 13.3. The lowest BCUT2D eigenvalue weighted by Crippen LogP contribution is -2.41. The molecule has 0 aromatic heterocycles. The van der Waals surface area contributed by atoms with Crippen LogP contribution in [0.15, 0.2) is 40.9 Å². The summed E-state index contributed by atoms with van der Waals surface area (Å²) in [7, 11) is 0. The summed E-state index contributed by atoms with van der Waals surface area (Å²) < 4.78 is 125. The van der Waals surface area contributed by atoms with Crippen molar-refractivity contribution in [2.45, 2.75) is 56.0 Å². The standard InChI is InChI=1S/C22H15BrF9NO2/c23-15-5-4-11(20(24,25)26)9-14(15)16-2-1-3-17-18(35-19(34)33(16)17)10-6-12(21(27,28)29)8-13(7-10)22(30,31)32/h4-9,16-18H,1-3H2/t16-,17-,18+/m0/s1. The van der Waals surface area contributed by atoms with Gasteiger partial charge in [-0.15, -0.1) is 0 Å². The topological polar surface area (TPSA) is 29.5 Å². The summed E-state index contributed by atoms with van der Waals surface area (Å²) in [6.45, 7) is 0. The quantitative estimate of drug-likeness (QED) is 0.337. The minimum atomic E-state index is -5.09. The number of benzene rings is 2. The van der Waals surface area contributed by atoms with E-state index in [9.17, 15) is 44.3 Å². The lowest BCUT2D eigenvalue weighted by Gasteiger charge is -2.37. The van der Waals surface area contributed by atoms with Crippen LogP contribution in [0, 0.1) is 0 Å². The van der Waals surface area contributed by atoms with E-state index < -0.39 is 65.1 Å². The first-order chi connectivity index (χ1) is 16.1. The molecule has 4 rings (SSSR count). The fourth-order valence-corrected chi connectivity index (χ4v) is 5.06. The van der Waals surface area contributed by atoms with Gasteiger partial charge in [0.1, 0.15) is 6.10 Å². The number of fused-ring (bicyclic) bond motifs is 1. The van der Waals surface area contributed by atoms with Crippen LogP contribution in [-0.2, 0) is 23.3 Å². The molecule has 0 aliphatic carbocycles. The van der Waals surface area contributed by atoms with Crippen molar-refractivity contribution in [1.29, 1.82) is 0 Å². The molecule has 0 saturated carbocycles. The summed E-state index contributed by atoms with van der Waals surface area (Å²) in [4.78, 5) is 13.9. The van der Waals surface area contributed by atoms with Crippen molar-refractivity contribution in [3.05, 3.63) is 68.7 Å². The van der Waals surface area contributed by atoms with Crippen molar-refractivity contribution in [2.75, 3.05) is 0 Å². The van der Waals surface area contributed by atoms with E-state index in [-0.39, 0.29) is 28.9 Å². The third kappa shape index (κ3) is 4.96. The molecular weight excluding hydrogens is 561 g/mol. The number of alkyl halides is 9. The summed E-state index contributed by atoms with van der Waals surface area (Å²) >= 11 is 3.18. The van der Waals surface area contributed by atoms with Gasteiger partial charge < -0.3 is 4.74 Å². The molecule has 190 valence electrons. The Hall–Kier alpha value is -2.44. The van der Waals surface area contributed by atoms with Gasteiger partial charge in [0.25, 0.3) is 0 Å². The smallest absolute Gasteiger partial charge is 0.416 e. The number of piperidine rings is 1. The molecule has 2 aromatic carbocycles. The molecule has 3 nitrogen and oxygen atoms in total. The lowest BCUT2D eigenvalue weighted by atomic mass is 9.86. The van der Waals surface area contributed by atoms with Gasteiger partial charge >= 0.3 is 24.6 Å². The molecule has 2 aromatic rings. The fraction of sp³-hybridized carbons (Fsp3) is 0.409. The lowest BCUT2D eigenvalue weighted by molar-refractivity contribution is -0.143. The SMILES string of the molecule is O=C1O[C@H](c2cc(C(F)(F)F)cc(C(F)(F)F)c2)[C@@H]2CCC[C@@H](c3cc(C(F)(F)F)ccc3Br)N12. The third-order valence-corrected chi connectivity index (χ3v) is 6.80. The van der Waals surface area contributed by atoms with Gasteiger partial charge in [-0.05, 0) is 66.8 Å². The Balaban J connectivity index is 1.76. The van der Waals surface area contributed by atoms with Gasteiger partial charge in [-0.3, -0.25) is 4.90 Å². The van der Waals surface area contributed by atoms with Crippen LogP contribution in [0.2, 0.25) is 0 Å². The zero-order chi connectivity index (χ0) is 25.9. The second-order valence-corrected chi connectivity index (χ2v) is 9.15. The molecule has 0 unspecified atom stereocenters. The minimum Gasteiger partial charge on any atom is -0.439 e. The number of amides is 1. The first kappa shape index (κ1) is 25.6. The number of halogens is 10. The molecule has 0 bridgehead atoms. The maximum atomic E-state index is 13.3.